The van der Waals surface area contributed by atoms with E-state index >= 15 is 0 Å². The molecule has 0 aliphatic heterocycles. The van der Waals surface area contributed by atoms with Crippen molar-refractivity contribution in [2.45, 2.75) is 46.2 Å². The lowest BCUT2D eigenvalue weighted by atomic mass is 10.1. The Hall–Kier alpha value is -1.75. The molecular weight excluding hydrogens is 240 g/mol. The van der Waals surface area contributed by atoms with Crippen LogP contribution in [0.1, 0.15) is 38.6 Å². The summed E-state index contributed by atoms with van der Waals surface area (Å²) >= 11 is 0. The number of pyridine rings is 1. The molecule has 0 aromatic carbocycles. The summed E-state index contributed by atoms with van der Waals surface area (Å²) in [6, 6.07) is 2.37. The summed E-state index contributed by atoms with van der Waals surface area (Å²) in [6.07, 6.45) is 5.58. The van der Waals surface area contributed by atoms with Crippen LogP contribution >= 0.6 is 0 Å². The van der Waals surface area contributed by atoms with Crippen molar-refractivity contribution in [2.24, 2.45) is 0 Å². The van der Waals surface area contributed by atoms with Gasteiger partial charge in [-0.3, -0.25) is 4.98 Å². The van der Waals surface area contributed by atoms with E-state index in [1.54, 1.807) is 6.20 Å². The molecule has 0 bridgehead atoms. The second-order valence-electron chi connectivity index (χ2n) is 4.59. The van der Waals surface area contributed by atoms with Gasteiger partial charge in [-0.1, -0.05) is 19.0 Å². The van der Waals surface area contributed by atoms with E-state index < -0.39 is 0 Å². The van der Waals surface area contributed by atoms with Crippen LogP contribution in [-0.2, 0) is 13.0 Å². The molecule has 0 amide bonds. The molecule has 5 nitrogen and oxygen atoms in total. The van der Waals surface area contributed by atoms with Crippen LogP contribution in [0.15, 0.2) is 23.0 Å². The van der Waals surface area contributed by atoms with Gasteiger partial charge in [0.25, 0.3) is 0 Å². The number of aromatic nitrogens is 3. The summed E-state index contributed by atoms with van der Waals surface area (Å²) < 4.78 is 5.27. The summed E-state index contributed by atoms with van der Waals surface area (Å²) in [6.45, 7) is 6.97. The SMILES string of the molecule is CCc1cnccc1-c1noc(CNC(C)CC)n1. The Kier molecular flexibility index (Phi) is 4.63. The molecule has 0 spiro atoms. The Bertz CT molecular complexity index is 524. The molecule has 19 heavy (non-hydrogen) atoms. The summed E-state index contributed by atoms with van der Waals surface area (Å²) in [5.41, 5.74) is 2.13. The molecule has 0 saturated carbocycles. The molecule has 0 aliphatic carbocycles. The first-order chi connectivity index (χ1) is 9.24. The van der Waals surface area contributed by atoms with Crippen LogP contribution in [0.3, 0.4) is 0 Å². The van der Waals surface area contributed by atoms with Crippen molar-refractivity contribution in [1.29, 1.82) is 0 Å². The Morgan fingerprint density at radius 2 is 2.21 bits per heavy atom. The summed E-state index contributed by atoms with van der Waals surface area (Å²) in [5.74, 6) is 1.26. The lowest BCUT2D eigenvalue weighted by Crippen LogP contribution is -2.24. The molecule has 1 unspecified atom stereocenters. The predicted octanol–water partition coefficient (Wildman–Crippen LogP) is 2.58. The van der Waals surface area contributed by atoms with E-state index in [-0.39, 0.29) is 0 Å². The van der Waals surface area contributed by atoms with E-state index in [0.29, 0.717) is 24.3 Å². The molecule has 1 atom stereocenters. The number of hydrogen-bond donors (Lipinski definition) is 1. The van der Waals surface area contributed by atoms with Gasteiger partial charge < -0.3 is 9.84 Å². The van der Waals surface area contributed by atoms with E-state index in [1.165, 1.54) is 0 Å². The van der Waals surface area contributed by atoms with Gasteiger partial charge in [0, 0.05) is 24.0 Å². The highest BCUT2D eigenvalue weighted by Gasteiger charge is 2.12. The maximum absolute atomic E-state index is 5.27. The molecule has 2 aromatic rings. The third-order valence-corrected chi connectivity index (χ3v) is 3.21. The highest BCUT2D eigenvalue weighted by molar-refractivity contribution is 5.58. The molecule has 2 rings (SSSR count). The van der Waals surface area contributed by atoms with Crippen LogP contribution in [0.5, 0.6) is 0 Å². The number of hydrogen-bond acceptors (Lipinski definition) is 5. The van der Waals surface area contributed by atoms with Crippen LogP contribution in [0.4, 0.5) is 0 Å². The standard InChI is InChI=1S/C14H20N4O/c1-4-10(3)16-9-13-17-14(18-19-13)12-6-7-15-8-11(12)5-2/h6-8,10,16H,4-5,9H2,1-3H3. The minimum Gasteiger partial charge on any atom is -0.338 e. The van der Waals surface area contributed by atoms with Gasteiger partial charge in [-0.25, -0.2) is 0 Å². The molecule has 1 N–H and O–H groups in total. The first-order valence-corrected chi connectivity index (χ1v) is 6.73. The fraction of sp³-hybridized carbons (Fsp3) is 0.500. The molecular formula is C14H20N4O. The Morgan fingerprint density at radius 3 is 2.95 bits per heavy atom. The third-order valence-electron chi connectivity index (χ3n) is 3.21. The topological polar surface area (TPSA) is 63.8 Å². The highest BCUT2D eigenvalue weighted by Crippen LogP contribution is 2.20. The molecule has 0 fully saturated rings. The third kappa shape index (κ3) is 3.38. The maximum atomic E-state index is 5.27. The van der Waals surface area contributed by atoms with Crippen LogP contribution < -0.4 is 5.32 Å². The zero-order valence-electron chi connectivity index (χ0n) is 11.7. The van der Waals surface area contributed by atoms with E-state index in [0.717, 1.165) is 24.0 Å². The average Bonchev–Trinajstić information content (AvgIpc) is 2.93. The fourth-order valence-electron chi connectivity index (χ4n) is 1.77. The average molecular weight is 260 g/mol. The zero-order valence-corrected chi connectivity index (χ0v) is 11.7. The molecule has 5 heteroatoms. The molecule has 2 heterocycles. The van der Waals surface area contributed by atoms with Gasteiger partial charge in [0.15, 0.2) is 0 Å². The lowest BCUT2D eigenvalue weighted by Gasteiger charge is -2.07. The maximum Gasteiger partial charge on any atom is 0.240 e. The number of rotatable bonds is 6. The number of nitrogens with one attached hydrogen (secondary N) is 1. The Morgan fingerprint density at radius 1 is 1.37 bits per heavy atom. The van der Waals surface area contributed by atoms with Crippen LogP contribution in [0, 0.1) is 0 Å². The molecule has 2 aromatic heterocycles. The zero-order chi connectivity index (χ0) is 13.7. The molecule has 0 saturated heterocycles. The van der Waals surface area contributed by atoms with Gasteiger partial charge in [-0.05, 0) is 31.4 Å². The normalized spacial score (nSPS) is 12.6. The van der Waals surface area contributed by atoms with Crippen molar-refractivity contribution in [2.75, 3.05) is 0 Å². The first kappa shape index (κ1) is 13.7. The largest absolute Gasteiger partial charge is 0.338 e. The van der Waals surface area contributed by atoms with E-state index in [2.05, 4.69) is 41.2 Å². The van der Waals surface area contributed by atoms with Crippen LogP contribution in [0.2, 0.25) is 0 Å². The molecule has 0 aliphatic rings. The van der Waals surface area contributed by atoms with E-state index in [9.17, 15) is 0 Å². The van der Waals surface area contributed by atoms with E-state index in [4.69, 9.17) is 4.52 Å². The Labute approximate surface area is 113 Å². The van der Waals surface area contributed by atoms with Gasteiger partial charge in [0.2, 0.25) is 11.7 Å². The smallest absolute Gasteiger partial charge is 0.240 e. The minimum absolute atomic E-state index is 0.447. The lowest BCUT2D eigenvalue weighted by molar-refractivity contribution is 0.358. The van der Waals surface area contributed by atoms with Crippen molar-refractivity contribution in [3.63, 3.8) is 0 Å². The van der Waals surface area contributed by atoms with Gasteiger partial charge in [0.1, 0.15) is 0 Å². The van der Waals surface area contributed by atoms with E-state index in [1.807, 2.05) is 12.3 Å². The minimum atomic E-state index is 0.447. The van der Waals surface area contributed by atoms with Gasteiger partial charge in [-0.2, -0.15) is 4.98 Å². The number of aryl methyl sites for hydroxylation is 1. The van der Waals surface area contributed by atoms with Gasteiger partial charge >= 0.3 is 0 Å². The quantitative estimate of drug-likeness (QED) is 0.864. The number of nitrogens with zero attached hydrogens (tertiary/aromatic N) is 3. The van der Waals surface area contributed by atoms with Crippen LogP contribution in [0.25, 0.3) is 11.4 Å². The first-order valence-electron chi connectivity index (χ1n) is 6.73. The molecule has 0 radical (unpaired) electrons. The van der Waals surface area contributed by atoms with Crippen molar-refractivity contribution in [1.82, 2.24) is 20.4 Å². The summed E-state index contributed by atoms with van der Waals surface area (Å²) in [7, 11) is 0. The predicted molar refractivity (Wildman–Crippen MR) is 73.5 cm³/mol. The van der Waals surface area contributed by atoms with Crippen molar-refractivity contribution in [3.05, 3.63) is 29.9 Å². The molecule has 102 valence electrons. The van der Waals surface area contributed by atoms with Crippen LogP contribution in [-0.4, -0.2) is 21.2 Å². The van der Waals surface area contributed by atoms with Gasteiger partial charge in [-0.15, -0.1) is 0 Å². The summed E-state index contributed by atoms with van der Waals surface area (Å²) in [5, 5.41) is 7.38. The fourth-order valence-corrected chi connectivity index (χ4v) is 1.77. The highest BCUT2D eigenvalue weighted by atomic mass is 16.5. The Balaban J connectivity index is 2.12. The van der Waals surface area contributed by atoms with Gasteiger partial charge in [0.05, 0.1) is 6.54 Å². The van der Waals surface area contributed by atoms with Crippen molar-refractivity contribution >= 4 is 0 Å². The van der Waals surface area contributed by atoms with Crippen molar-refractivity contribution < 1.29 is 4.52 Å². The monoisotopic (exact) mass is 260 g/mol. The second kappa shape index (κ2) is 6.43. The second-order valence-corrected chi connectivity index (χ2v) is 4.59. The van der Waals surface area contributed by atoms with Crippen molar-refractivity contribution in [3.8, 4) is 11.4 Å². The summed E-state index contributed by atoms with van der Waals surface area (Å²) in [4.78, 5) is 8.55.